The van der Waals surface area contributed by atoms with Gasteiger partial charge < -0.3 is 4.57 Å². The number of hydrogen-bond acceptors (Lipinski definition) is 4. The Balaban J connectivity index is 1.59. The molecule has 0 amide bonds. The molecular weight excluding hydrogens is 304 g/mol. The van der Waals surface area contributed by atoms with Crippen LogP contribution in [-0.2, 0) is 13.5 Å². The van der Waals surface area contributed by atoms with Gasteiger partial charge in [-0.15, -0.1) is 10.2 Å². The van der Waals surface area contributed by atoms with Crippen molar-refractivity contribution in [3.63, 3.8) is 0 Å². The van der Waals surface area contributed by atoms with Crippen LogP contribution in [-0.4, -0.2) is 25.5 Å². The summed E-state index contributed by atoms with van der Waals surface area (Å²) in [4.78, 5) is 4.70. The Morgan fingerprint density at radius 3 is 2.61 bits per heavy atom. The lowest BCUT2D eigenvalue weighted by Gasteiger charge is -2.01. The van der Waals surface area contributed by atoms with Crippen molar-refractivity contribution in [3.8, 4) is 0 Å². The maximum absolute atomic E-state index is 4.70. The standard InChI is InChI=1S/C18H16N4S/c1-22-15-10-6-5-9-14(15)16-17(22)19-18(21-20-16)23-12-11-13-7-3-2-4-8-13/h2-10H,11-12H2,1H3. The minimum Gasteiger partial charge on any atom is -0.327 e. The molecule has 23 heavy (non-hydrogen) atoms. The van der Waals surface area contributed by atoms with Crippen LogP contribution in [0.15, 0.2) is 59.8 Å². The summed E-state index contributed by atoms with van der Waals surface area (Å²) in [5.74, 6) is 0.946. The molecule has 4 rings (SSSR count). The number of thioether (sulfide) groups is 1. The molecule has 0 saturated carbocycles. The van der Waals surface area contributed by atoms with Crippen LogP contribution in [0, 0.1) is 0 Å². The molecule has 2 aromatic carbocycles. The topological polar surface area (TPSA) is 43.6 Å². The second-order valence-corrected chi connectivity index (χ2v) is 6.49. The molecule has 0 aliphatic heterocycles. The number of nitrogens with zero attached hydrogens (tertiary/aromatic N) is 4. The number of aryl methyl sites for hydroxylation is 2. The molecule has 2 aromatic heterocycles. The van der Waals surface area contributed by atoms with Gasteiger partial charge in [0.15, 0.2) is 5.65 Å². The zero-order valence-corrected chi connectivity index (χ0v) is 13.6. The van der Waals surface area contributed by atoms with E-state index in [4.69, 9.17) is 4.98 Å². The summed E-state index contributed by atoms with van der Waals surface area (Å²) in [5, 5.41) is 10.5. The van der Waals surface area contributed by atoms with Crippen molar-refractivity contribution < 1.29 is 0 Å². The lowest BCUT2D eigenvalue weighted by Crippen LogP contribution is -1.97. The van der Waals surface area contributed by atoms with E-state index < -0.39 is 0 Å². The summed E-state index contributed by atoms with van der Waals surface area (Å²) in [5.41, 5.74) is 4.23. The number of hydrogen-bond donors (Lipinski definition) is 0. The highest BCUT2D eigenvalue weighted by atomic mass is 32.2. The van der Waals surface area contributed by atoms with Crippen molar-refractivity contribution in [2.24, 2.45) is 7.05 Å². The Bertz CT molecular complexity index is 963. The Morgan fingerprint density at radius 2 is 1.74 bits per heavy atom. The summed E-state index contributed by atoms with van der Waals surface area (Å²) >= 11 is 1.65. The van der Waals surface area contributed by atoms with Gasteiger partial charge in [-0.05, 0) is 18.1 Å². The number of rotatable bonds is 4. The van der Waals surface area contributed by atoms with E-state index in [0.29, 0.717) is 0 Å². The Labute approximate surface area is 138 Å². The highest BCUT2D eigenvalue weighted by molar-refractivity contribution is 7.99. The molecule has 0 radical (unpaired) electrons. The molecule has 0 fully saturated rings. The number of aromatic nitrogens is 4. The van der Waals surface area contributed by atoms with Crippen LogP contribution in [0.4, 0.5) is 0 Å². The van der Waals surface area contributed by atoms with E-state index in [2.05, 4.69) is 51.2 Å². The molecule has 4 aromatic rings. The van der Waals surface area contributed by atoms with E-state index in [0.717, 1.165) is 39.4 Å². The van der Waals surface area contributed by atoms with Crippen LogP contribution in [0.1, 0.15) is 5.56 Å². The Hall–Kier alpha value is -2.40. The van der Waals surface area contributed by atoms with Crippen molar-refractivity contribution in [2.75, 3.05) is 5.75 Å². The molecule has 0 N–H and O–H groups in total. The summed E-state index contributed by atoms with van der Waals surface area (Å²) in [6.45, 7) is 0. The molecule has 2 heterocycles. The van der Waals surface area contributed by atoms with E-state index in [1.165, 1.54) is 5.56 Å². The normalized spacial score (nSPS) is 11.3. The minimum atomic E-state index is 0.735. The van der Waals surface area contributed by atoms with Crippen LogP contribution >= 0.6 is 11.8 Å². The molecule has 0 atom stereocenters. The molecule has 4 nitrogen and oxygen atoms in total. The Kier molecular flexibility index (Phi) is 3.71. The maximum atomic E-state index is 4.70. The van der Waals surface area contributed by atoms with Crippen molar-refractivity contribution in [1.82, 2.24) is 19.7 Å². The lowest BCUT2D eigenvalue weighted by atomic mass is 10.2. The maximum Gasteiger partial charge on any atom is 0.211 e. The summed E-state index contributed by atoms with van der Waals surface area (Å²) in [6.07, 6.45) is 1.00. The number of para-hydroxylation sites is 1. The molecule has 0 aliphatic carbocycles. The van der Waals surface area contributed by atoms with Crippen molar-refractivity contribution >= 4 is 33.8 Å². The highest BCUT2D eigenvalue weighted by Gasteiger charge is 2.12. The molecular formula is C18H16N4S. The van der Waals surface area contributed by atoms with E-state index >= 15 is 0 Å². The zero-order valence-electron chi connectivity index (χ0n) is 12.8. The molecule has 0 unspecified atom stereocenters. The van der Waals surface area contributed by atoms with Gasteiger partial charge in [0.1, 0.15) is 5.52 Å². The third kappa shape index (κ3) is 2.68. The SMILES string of the molecule is Cn1c2ccccc2c2nnc(SCCc3ccccc3)nc21. The number of benzene rings is 2. The minimum absolute atomic E-state index is 0.735. The first-order valence-electron chi connectivity index (χ1n) is 7.57. The second kappa shape index (κ2) is 6.01. The van der Waals surface area contributed by atoms with Crippen molar-refractivity contribution in [2.45, 2.75) is 11.6 Å². The van der Waals surface area contributed by atoms with Crippen LogP contribution < -0.4 is 0 Å². The monoisotopic (exact) mass is 320 g/mol. The quantitative estimate of drug-likeness (QED) is 0.536. The first-order valence-corrected chi connectivity index (χ1v) is 8.56. The molecule has 5 heteroatoms. The fourth-order valence-corrected chi connectivity index (χ4v) is 3.53. The first-order chi connectivity index (χ1) is 11.3. The van der Waals surface area contributed by atoms with Gasteiger partial charge >= 0.3 is 0 Å². The molecule has 0 spiro atoms. The van der Waals surface area contributed by atoms with Crippen molar-refractivity contribution in [1.29, 1.82) is 0 Å². The third-order valence-electron chi connectivity index (χ3n) is 3.95. The summed E-state index contributed by atoms with van der Waals surface area (Å²) < 4.78 is 2.08. The van der Waals surface area contributed by atoms with E-state index in [-0.39, 0.29) is 0 Å². The van der Waals surface area contributed by atoms with Gasteiger partial charge in [-0.1, -0.05) is 60.3 Å². The van der Waals surface area contributed by atoms with Gasteiger partial charge in [0.25, 0.3) is 0 Å². The van der Waals surface area contributed by atoms with Crippen LogP contribution in [0.3, 0.4) is 0 Å². The summed E-state index contributed by atoms with van der Waals surface area (Å²) in [7, 11) is 2.03. The zero-order chi connectivity index (χ0) is 15.6. The third-order valence-corrected chi connectivity index (χ3v) is 4.79. The van der Waals surface area contributed by atoms with Gasteiger partial charge in [0.05, 0.1) is 5.52 Å². The van der Waals surface area contributed by atoms with Crippen molar-refractivity contribution in [3.05, 3.63) is 60.2 Å². The summed E-state index contributed by atoms with van der Waals surface area (Å²) in [6, 6.07) is 18.7. The van der Waals surface area contributed by atoms with Crippen LogP contribution in [0.25, 0.3) is 22.1 Å². The van der Waals surface area contributed by atoms with Gasteiger partial charge in [0.2, 0.25) is 5.16 Å². The van der Waals surface area contributed by atoms with Gasteiger partial charge in [-0.25, -0.2) is 4.98 Å². The molecule has 0 bridgehead atoms. The Morgan fingerprint density at radius 1 is 0.957 bits per heavy atom. The van der Waals surface area contributed by atoms with Gasteiger partial charge in [0, 0.05) is 18.2 Å². The smallest absolute Gasteiger partial charge is 0.211 e. The number of fused-ring (bicyclic) bond motifs is 3. The first kappa shape index (κ1) is 14.2. The predicted octanol–water partition coefficient (Wildman–Crippen LogP) is 3.85. The van der Waals surface area contributed by atoms with Gasteiger partial charge in [-0.2, -0.15) is 0 Å². The molecule has 0 aliphatic rings. The fourth-order valence-electron chi connectivity index (χ4n) is 2.76. The molecule has 114 valence electrons. The lowest BCUT2D eigenvalue weighted by molar-refractivity contribution is 0.854. The van der Waals surface area contributed by atoms with Crippen LogP contribution in [0.2, 0.25) is 0 Å². The average Bonchev–Trinajstić information content (AvgIpc) is 2.89. The van der Waals surface area contributed by atoms with E-state index in [1.807, 2.05) is 25.2 Å². The highest BCUT2D eigenvalue weighted by Crippen LogP contribution is 2.26. The predicted molar refractivity (Wildman–Crippen MR) is 94.7 cm³/mol. The fraction of sp³-hybridized carbons (Fsp3) is 0.167. The average molecular weight is 320 g/mol. The van der Waals surface area contributed by atoms with E-state index in [1.54, 1.807) is 11.8 Å². The van der Waals surface area contributed by atoms with Crippen LogP contribution in [0.5, 0.6) is 0 Å². The van der Waals surface area contributed by atoms with E-state index in [9.17, 15) is 0 Å². The largest absolute Gasteiger partial charge is 0.327 e. The molecule has 0 saturated heterocycles. The van der Waals surface area contributed by atoms with Gasteiger partial charge in [-0.3, -0.25) is 0 Å². The second-order valence-electron chi connectivity index (χ2n) is 5.43.